The molecule has 1 aliphatic heterocycles. The number of benzene rings is 2. The van der Waals surface area contributed by atoms with Crippen molar-refractivity contribution in [3.8, 4) is 0 Å². The highest BCUT2D eigenvalue weighted by Crippen LogP contribution is 2.25. The average molecular weight is 328 g/mol. The third-order valence-corrected chi connectivity index (χ3v) is 4.05. The Morgan fingerprint density at radius 3 is 2.75 bits per heavy atom. The van der Waals surface area contributed by atoms with Crippen LogP contribution in [0.25, 0.3) is 0 Å². The summed E-state index contributed by atoms with van der Waals surface area (Å²) >= 11 is 0. The van der Waals surface area contributed by atoms with E-state index in [9.17, 15) is 9.18 Å². The largest absolute Gasteiger partial charge is 0.376 e. The Morgan fingerprint density at radius 2 is 2.00 bits per heavy atom. The summed E-state index contributed by atoms with van der Waals surface area (Å²) in [7, 11) is 0. The lowest BCUT2D eigenvalue weighted by Crippen LogP contribution is -2.47. The maximum Gasteiger partial charge on any atom is 0.242 e. The second-order valence-corrected chi connectivity index (χ2v) is 6.01. The van der Waals surface area contributed by atoms with Gasteiger partial charge in [-0.25, -0.2) is 4.39 Å². The van der Waals surface area contributed by atoms with Gasteiger partial charge in [-0.05, 0) is 30.7 Å². The van der Waals surface area contributed by atoms with Gasteiger partial charge < -0.3 is 15.0 Å². The van der Waals surface area contributed by atoms with Gasteiger partial charge in [-0.3, -0.25) is 4.79 Å². The van der Waals surface area contributed by atoms with Gasteiger partial charge in [0, 0.05) is 12.2 Å². The van der Waals surface area contributed by atoms with Gasteiger partial charge in [-0.15, -0.1) is 0 Å². The van der Waals surface area contributed by atoms with E-state index < -0.39 is 0 Å². The molecule has 24 heavy (non-hydrogen) atoms. The molecule has 2 aromatic rings. The summed E-state index contributed by atoms with van der Waals surface area (Å²) in [6.45, 7) is 3.19. The Morgan fingerprint density at radius 1 is 1.21 bits per heavy atom. The summed E-state index contributed by atoms with van der Waals surface area (Å²) < 4.78 is 19.2. The topological polar surface area (TPSA) is 41.6 Å². The van der Waals surface area contributed by atoms with Gasteiger partial charge >= 0.3 is 0 Å². The summed E-state index contributed by atoms with van der Waals surface area (Å²) in [6, 6.07) is 16.0. The third-order valence-electron chi connectivity index (χ3n) is 4.05. The Balaban J connectivity index is 1.61. The number of amides is 1. The molecule has 0 bridgehead atoms. The molecule has 1 fully saturated rings. The van der Waals surface area contributed by atoms with Crippen molar-refractivity contribution < 1.29 is 13.9 Å². The first-order valence-electron chi connectivity index (χ1n) is 8.09. The lowest BCUT2D eigenvalue weighted by molar-refractivity contribution is -0.143. The van der Waals surface area contributed by atoms with Gasteiger partial charge in [0.25, 0.3) is 0 Å². The quantitative estimate of drug-likeness (QED) is 0.937. The maximum atomic E-state index is 13.2. The van der Waals surface area contributed by atoms with E-state index in [2.05, 4.69) is 5.32 Å². The summed E-state index contributed by atoms with van der Waals surface area (Å²) in [5, 5.41) is 2.98. The number of nitrogens with zero attached hydrogens (tertiary/aromatic N) is 1. The van der Waals surface area contributed by atoms with Crippen molar-refractivity contribution in [3.63, 3.8) is 0 Å². The Bertz CT molecular complexity index is 693. The van der Waals surface area contributed by atoms with Crippen LogP contribution in [0.5, 0.6) is 0 Å². The second-order valence-electron chi connectivity index (χ2n) is 6.01. The zero-order chi connectivity index (χ0) is 16.9. The number of ether oxygens (including phenoxy) is 1. The summed E-state index contributed by atoms with van der Waals surface area (Å²) in [5.41, 5.74) is 1.67. The summed E-state index contributed by atoms with van der Waals surface area (Å²) in [6.07, 6.45) is -0.143. The molecule has 2 atom stereocenters. The van der Waals surface area contributed by atoms with E-state index in [4.69, 9.17) is 4.74 Å². The first kappa shape index (κ1) is 16.5. The van der Waals surface area contributed by atoms with Crippen LogP contribution in [0.2, 0.25) is 0 Å². The van der Waals surface area contributed by atoms with Crippen molar-refractivity contribution in [2.24, 2.45) is 0 Å². The monoisotopic (exact) mass is 328 g/mol. The minimum absolute atomic E-state index is 0.0182. The molecule has 4 nitrogen and oxygen atoms in total. The molecule has 126 valence electrons. The molecule has 0 radical (unpaired) electrons. The highest BCUT2D eigenvalue weighted by Gasteiger charge is 2.29. The van der Waals surface area contributed by atoms with Crippen molar-refractivity contribution in [2.45, 2.75) is 19.1 Å². The first-order chi connectivity index (χ1) is 11.6. The van der Waals surface area contributed by atoms with E-state index >= 15 is 0 Å². The number of anilines is 1. The van der Waals surface area contributed by atoms with E-state index in [1.807, 2.05) is 37.3 Å². The smallest absolute Gasteiger partial charge is 0.242 e. The second kappa shape index (κ2) is 7.45. The van der Waals surface area contributed by atoms with Crippen molar-refractivity contribution in [2.75, 3.05) is 25.0 Å². The van der Waals surface area contributed by atoms with Crippen LogP contribution >= 0.6 is 0 Å². The van der Waals surface area contributed by atoms with Crippen LogP contribution in [-0.4, -0.2) is 36.5 Å². The summed E-state index contributed by atoms with van der Waals surface area (Å²) in [4.78, 5) is 14.3. The van der Waals surface area contributed by atoms with Crippen LogP contribution in [-0.2, 0) is 9.53 Å². The predicted octanol–water partition coefficient (Wildman–Crippen LogP) is 3.23. The molecular formula is C19H21FN2O2. The molecule has 0 spiro atoms. The number of morpholine rings is 1. The third kappa shape index (κ3) is 4.11. The number of hydrogen-bond acceptors (Lipinski definition) is 3. The van der Waals surface area contributed by atoms with Gasteiger partial charge in [0.15, 0.2) is 0 Å². The molecule has 1 amide bonds. The molecule has 5 heteroatoms. The fraction of sp³-hybridized carbons (Fsp3) is 0.316. The molecule has 1 heterocycles. The SMILES string of the molecule is C[C@@H]1CN(C(=O)CNc2cccc(F)c2)C[C@H](c2ccccc2)O1. The molecule has 0 saturated carbocycles. The predicted molar refractivity (Wildman–Crippen MR) is 91.2 cm³/mol. The zero-order valence-corrected chi connectivity index (χ0v) is 13.6. The number of nitrogens with one attached hydrogen (secondary N) is 1. The Kier molecular flexibility index (Phi) is 5.11. The molecular weight excluding hydrogens is 307 g/mol. The standard InChI is InChI=1S/C19H21FN2O2/c1-14-12-22(13-18(24-14)15-6-3-2-4-7-15)19(23)11-21-17-9-5-8-16(20)10-17/h2-10,14,18,21H,11-13H2,1H3/t14-,18-/m1/s1. The minimum Gasteiger partial charge on any atom is -0.376 e. The van der Waals surface area contributed by atoms with E-state index in [0.29, 0.717) is 18.8 Å². The minimum atomic E-state index is -0.323. The molecule has 0 aromatic heterocycles. The number of hydrogen-bond donors (Lipinski definition) is 1. The maximum absolute atomic E-state index is 13.2. The number of carbonyl (C=O) groups is 1. The van der Waals surface area contributed by atoms with Gasteiger partial charge in [-0.1, -0.05) is 36.4 Å². The van der Waals surface area contributed by atoms with Gasteiger partial charge in [-0.2, -0.15) is 0 Å². The van der Waals surface area contributed by atoms with E-state index in [1.165, 1.54) is 12.1 Å². The van der Waals surface area contributed by atoms with E-state index in [0.717, 1.165) is 5.56 Å². The normalized spacial score (nSPS) is 20.7. The fourth-order valence-corrected chi connectivity index (χ4v) is 2.89. The van der Waals surface area contributed by atoms with Crippen LogP contribution in [0.1, 0.15) is 18.6 Å². The van der Waals surface area contributed by atoms with Crippen LogP contribution in [0.4, 0.5) is 10.1 Å². The van der Waals surface area contributed by atoms with Crippen LogP contribution in [0, 0.1) is 5.82 Å². The summed E-state index contributed by atoms with van der Waals surface area (Å²) in [5.74, 6) is -0.341. The first-order valence-corrected chi connectivity index (χ1v) is 8.09. The highest BCUT2D eigenvalue weighted by atomic mass is 19.1. The average Bonchev–Trinajstić information content (AvgIpc) is 2.60. The molecule has 1 aliphatic rings. The van der Waals surface area contributed by atoms with E-state index in [-0.39, 0.29) is 30.5 Å². The van der Waals surface area contributed by atoms with Crippen molar-refractivity contribution in [3.05, 3.63) is 66.0 Å². The van der Waals surface area contributed by atoms with Crippen LogP contribution in [0.15, 0.2) is 54.6 Å². The fourth-order valence-electron chi connectivity index (χ4n) is 2.89. The van der Waals surface area contributed by atoms with Crippen molar-refractivity contribution >= 4 is 11.6 Å². The molecule has 2 aromatic carbocycles. The van der Waals surface area contributed by atoms with Crippen LogP contribution < -0.4 is 5.32 Å². The Labute approximate surface area is 141 Å². The van der Waals surface area contributed by atoms with Gasteiger partial charge in [0.2, 0.25) is 5.91 Å². The lowest BCUT2D eigenvalue weighted by atomic mass is 10.1. The van der Waals surface area contributed by atoms with Crippen molar-refractivity contribution in [1.29, 1.82) is 0 Å². The van der Waals surface area contributed by atoms with Crippen molar-refractivity contribution in [1.82, 2.24) is 4.90 Å². The molecule has 1 saturated heterocycles. The number of rotatable bonds is 4. The van der Waals surface area contributed by atoms with Gasteiger partial charge in [0.05, 0.1) is 19.2 Å². The van der Waals surface area contributed by atoms with Gasteiger partial charge in [0.1, 0.15) is 11.9 Å². The van der Waals surface area contributed by atoms with E-state index in [1.54, 1.807) is 17.0 Å². The van der Waals surface area contributed by atoms with Crippen LogP contribution in [0.3, 0.4) is 0 Å². The molecule has 0 unspecified atom stereocenters. The highest BCUT2D eigenvalue weighted by molar-refractivity contribution is 5.81. The number of halogens is 1. The molecule has 1 N–H and O–H groups in total. The zero-order valence-electron chi connectivity index (χ0n) is 13.6. The molecule has 0 aliphatic carbocycles. The number of carbonyl (C=O) groups excluding carboxylic acids is 1. The lowest BCUT2D eigenvalue weighted by Gasteiger charge is -2.37. The Hall–Kier alpha value is -2.40. The molecule has 3 rings (SSSR count).